The third kappa shape index (κ3) is 2.44. The molecule has 3 unspecified atom stereocenters. The maximum Gasteiger partial charge on any atom is 0.0658 e. The Hall–Kier alpha value is -0.160. The first-order valence-electron chi connectivity index (χ1n) is 7.33. The van der Waals surface area contributed by atoms with Gasteiger partial charge in [0.25, 0.3) is 0 Å². The first-order valence-corrected chi connectivity index (χ1v) is 7.33. The molecule has 2 heterocycles. The predicted octanol–water partition coefficient (Wildman–Crippen LogP) is 0.909. The normalized spacial score (nSPS) is 33.3. The van der Waals surface area contributed by atoms with Gasteiger partial charge in [-0.1, -0.05) is 6.92 Å². The van der Waals surface area contributed by atoms with Gasteiger partial charge in [0.1, 0.15) is 0 Å². The highest BCUT2D eigenvalue weighted by Crippen LogP contribution is 2.32. The van der Waals surface area contributed by atoms with E-state index >= 15 is 0 Å². The standard InChI is InChI=1S/C14H29N3O/c1-4-14(10-15,11-18-3)17-8-7-12-5-6-13(9-17)16(12)2/h12-13H,4-11,15H2,1-3H3. The highest BCUT2D eigenvalue weighted by atomic mass is 16.5. The van der Waals surface area contributed by atoms with E-state index in [0.717, 1.165) is 25.6 Å². The summed E-state index contributed by atoms with van der Waals surface area (Å²) >= 11 is 0. The zero-order valence-corrected chi connectivity index (χ0v) is 12.2. The smallest absolute Gasteiger partial charge is 0.0658 e. The molecule has 3 atom stereocenters. The van der Waals surface area contributed by atoms with E-state index in [4.69, 9.17) is 10.5 Å². The van der Waals surface area contributed by atoms with Crippen molar-refractivity contribution in [3.63, 3.8) is 0 Å². The third-order valence-corrected chi connectivity index (χ3v) is 5.27. The molecule has 2 fully saturated rings. The molecule has 2 N–H and O–H groups in total. The fourth-order valence-corrected chi connectivity index (χ4v) is 3.76. The van der Waals surface area contributed by atoms with Gasteiger partial charge in [-0.2, -0.15) is 0 Å². The molecule has 2 rings (SSSR count). The average molecular weight is 255 g/mol. The molecule has 0 aliphatic carbocycles. The van der Waals surface area contributed by atoms with Crippen molar-refractivity contribution in [1.29, 1.82) is 0 Å². The van der Waals surface area contributed by atoms with Crippen LogP contribution in [0.1, 0.15) is 32.6 Å². The maximum absolute atomic E-state index is 6.08. The van der Waals surface area contributed by atoms with Crippen LogP contribution in [0.25, 0.3) is 0 Å². The van der Waals surface area contributed by atoms with Gasteiger partial charge in [-0.15, -0.1) is 0 Å². The molecule has 4 heteroatoms. The molecule has 0 saturated carbocycles. The molecule has 0 aromatic carbocycles. The number of nitrogens with two attached hydrogens (primary N) is 1. The second kappa shape index (κ2) is 5.87. The third-order valence-electron chi connectivity index (χ3n) is 5.27. The summed E-state index contributed by atoms with van der Waals surface area (Å²) in [6.45, 7) is 6.00. The molecule has 4 nitrogen and oxygen atoms in total. The van der Waals surface area contributed by atoms with Crippen molar-refractivity contribution < 1.29 is 4.74 Å². The van der Waals surface area contributed by atoms with Gasteiger partial charge in [-0.25, -0.2) is 0 Å². The Morgan fingerprint density at radius 3 is 2.61 bits per heavy atom. The van der Waals surface area contributed by atoms with Crippen molar-refractivity contribution in [3.05, 3.63) is 0 Å². The molecule has 2 saturated heterocycles. The van der Waals surface area contributed by atoms with Gasteiger partial charge in [0, 0.05) is 38.8 Å². The number of hydrogen-bond donors (Lipinski definition) is 1. The van der Waals surface area contributed by atoms with E-state index < -0.39 is 0 Å². The van der Waals surface area contributed by atoms with Crippen molar-refractivity contribution >= 4 is 0 Å². The van der Waals surface area contributed by atoms with Crippen molar-refractivity contribution in [2.75, 3.05) is 40.4 Å². The molecule has 0 spiro atoms. The van der Waals surface area contributed by atoms with Crippen molar-refractivity contribution in [2.45, 2.75) is 50.2 Å². The largest absolute Gasteiger partial charge is 0.383 e. The summed E-state index contributed by atoms with van der Waals surface area (Å²) in [5.74, 6) is 0. The Morgan fingerprint density at radius 1 is 1.28 bits per heavy atom. The molecular weight excluding hydrogens is 226 g/mol. The molecule has 2 aliphatic heterocycles. The number of rotatable bonds is 5. The quantitative estimate of drug-likeness (QED) is 0.793. The van der Waals surface area contributed by atoms with E-state index in [-0.39, 0.29) is 5.54 Å². The zero-order chi connectivity index (χ0) is 13.2. The summed E-state index contributed by atoms with van der Waals surface area (Å²) in [7, 11) is 4.08. The lowest BCUT2D eigenvalue weighted by molar-refractivity contribution is 0.00705. The van der Waals surface area contributed by atoms with E-state index in [1.807, 2.05) is 0 Å². The Bertz CT molecular complexity index is 268. The summed E-state index contributed by atoms with van der Waals surface area (Å²) in [5, 5.41) is 0. The van der Waals surface area contributed by atoms with Gasteiger partial charge in [-0.3, -0.25) is 9.80 Å². The second-order valence-corrected chi connectivity index (χ2v) is 6.00. The summed E-state index contributed by atoms with van der Waals surface area (Å²) in [5.41, 5.74) is 6.13. The lowest BCUT2D eigenvalue weighted by Crippen LogP contribution is -2.58. The summed E-state index contributed by atoms with van der Waals surface area (Å²) in [6, 6.07) is 1.50. The number of ether oxygens (including phenoxy) is 1. The average Bonchev–Trinajstić information content (AvgIpc) is 2.61. The van der Waals surface area contributed by atoms with Gasteiger partial charge in [0.2, 0.25) is 0 Å². The number of fused-ring (bicyclic) bond motifs is 2. The van der Waals surface area contributed by atoms with E-state index in [2.05, 4.69) is 23.8 Å². The minimum Gasteiger partial charge on any atom is -0.383 e. The van der Waals surface area contributed by atoms with E-state index in [1.54, 1.807) is 7.11 Å². The van der Waals surface area contributed by atoms with Gasteiger partial charge < -0.3 is 10.5 Å². The van der Waals surface area contributed by atoms with Gasteiger partial charge >= 0.3 is 0 Å². The first-order chi connectivity index (χ1) is 8.66. The Kier molecular flexibility index (Phi) is 4.64. The maximum atomic E-state index is 6.08. The van der Waals surface area contributed by atoms with Crippen LogP contribution in [0.2, 0.25) is 0 Å². The van der Waals surface area contributed by atoms with Gasteiger partial charge in [0.15, 0.2) is 0 Å². The molecular formula is C14H29N3O. The molecule has 0 aromatic rings. The van der Waals surface area contributed by atoms with Crippen LogP contribution in [-0.4, -0.2) is 67.8 Å². The lowest BCUT2D eigenvalue weighted by Gasteiger charge is -2.43. The molecule has 18 heavy (non-hydrogen) atoms. The van der Waals surface area contributed by atoms with Gasteiger partial charge in [-0.05, 0) is 32.7 Å². The Morgan fingerprint density at radius 2 is 2.00 bits per heavy atom. The highest BCUT2D eigenvalue weighted by molar-refractivity contribution is 4.98. The number of hydrogen-bond acceptors (Lipinski definition) is 4. The molecule has 2 aliphatic rings. The van der Waals surface area contributed by atoms with Crippen LogP contribution < -0.4 is 5.73 Å². The molecule has 106 valence electrons. The second-order valence-electron chi connectivity index (χ2n) is 6.00. The van der Waals surface area contributed by atoms with Crippen LogP contribution in [-0.2, 0) is 4.74 Å². The fourth-order valence-electron chi connectivity index (χ4n) is 3.76. The zero-order valence-electron chi connectivity index (χ0n) is 12.2. The molecule has 2 bridgehead atoms. The predicted molar refractivity (Wildman–Crippen MR) is 74.7 cm³/mol. The summed E-state index contributed by atoms with van der Waals surface area (Å²) in [6.07, 6.45) is 5.06. The summed E-state index contributed by atoms with van der Waals surface area (Å²) < 4.78 is 5.45. The fraction of sp³-hybridized carbons (Fsp3) is 1.00. The van der Waals surface area contributed by atoms with E-state index in [9.17, 15) is 0 Å². The van der Waals surface area contributed by atoms with Gasteiger partial charge in [0.05, 0.1) is 12.1 Å². The van der Waals surface area contributed by atoms with Crippen LogP contribution in [0.5, 0.6) is 0 Å². The Labute approximate surface area is 111 Å². The number of nitrogens with zero attached hydrogens (tertiary/aromatic N) is 2. The minimum atomic E-state index is 0.0417. The monoisotopic (exact) mass is 255 g/mol. The first kappa shape index (κ1) is 14.3. The number of likely N-dealkylation sites (N-methyl/N-ethyl adjacent to an activating group) is 1. The van der Waals surface area contributed by atoms with Crippen LogP contribution in [0.15, 0.2) is 0 Å². The van der Waals surface area contributed by atoms with Crippen molar-refractivity contribution in [2.24, 2.45) is 5.73 Å². The number of likely N-dealkylation sites (tertiary alicyclic amines) is 1. The highest BCUT2D eigenvalue weighted by Gasteiger charge is 2.41. The van der Waals surface area contributed by atoms with Crippen molar-refractivity contribution in [3.8, 4) is 0 Å². The lowest BCUT2D eigenvalue weighted by atomic mass is 9.92. The topological polar surface area (TPSA) is 41.7 Å². The summed E-state index contributed by atoms with van der Waals surface area (Å²) in [4.78, 5) is 5.20. The minimum absolute atomic E-state index is 0.0417. The van der Waals surface area contributed by atoms with Crippen molar-refractivity contribution in [1.82, 2.24) is 9.80 Å². The Balaban J connectivity index is 2.11. The van der Waals surface area contributed by atoms with E-state index in [1.165, 1.54) is 25.8 Å². The number of methoxy groups -OCH3 is 1. The van der Waals surface area contributed by atoms with Crippen LogP contribution in [0, 0.1) is 0 Å². The van der Waals surface area contributed by atoms with E-state index in [0.29, 0.717) is 12.6 Å². The molecule has 0 radical (unpaired) electrons. The van der Waals surface area contributed by atoms with Crippen LogP contribution in [0.3, 0.4) is 0 Å². The van der Waals surface area contributed by atoms with Crippen LogP contribution in [0.4, 0.5) is 0 Å². The SMILES string of the molecule is CCC(CN)(COC)N1CCC2CCC(C1)N2C. The molecule has 0 amide bonds. The van der Waals surface area contributed by atoms with Crippen LogP contribution >= 0.6 is 0 Å². The molecule has 0 aromatic heterocycles.